The first-order valence-electron chi connectivity index (χ1n) is 8.61. The molecule has 5 nitrogen and oxygen atoms in total. The minimum atomic E-state index is 0.0584. The van der Waals surface area contributed by atoms with E-state index in [0.29, 0.717) is 6.54 Å². The van der Waals surface area contributed by atoms with Crippen LogP contribution in [0.1, 0.15) is 25.3 Å². The Hall–Kier alpha value is -1.75. The van der Waals surface area contributed by atoms with Crippen molar-refractivity contribution in [1.29, 1.82) is 0 Å². The fourth-order valence-corrected chi connectivity index (χ4v) is 2.81. The van der Waals surface area contributed by atoms with E-state index in [4.69, 9.17) is 4.74 Å². The van der Waals surface area contributed by atoms with Gasteiger partial charge in [0.05, 0.1) is 7.11 Å². The Kier molecular flexibility index (Phi) is 7.20. The molecule has 5 heteroatoms. The summed E-state index contributed by atoms with van der Waals surface area (Å²) in [5.41, 5.74) is 1.18. The molecule has 2 rings (SSSR count). The largest absolute Gasteiger partial charge is 0.497 e. The number of piperazine rings is 1. The number of nitrogens with one attached hydrogen (secondary N) is 1. The summed E-state index contributed by atoms with van der Waals surface area (Å²) >= 11 is 0. The zero-order valence-electron chi connectivity index (χ0n) is 14.4. The minimum absolute atomic E-state index is 0.0584. The standard InChI is InChI=1S/C18H29N3O2/c1-3-4-10-20-11-13-21(14-12-20)18(22)19-9-8-16-6-5-7-17(15-16)23-2/h5-7,15H,3-4,8-14H2,1-2H3,(H,19,22). The first kappa shape index (κ1) is 17.6. The molecule has 0 aromatic heterocycles. The molecule has 2 amide bonds. The third kappa shape index (κ3) is 5.75. The van der Waals surface area contributed by atoms with Crippen LogP contribution in [0, 0.1) is 0 Å². The van der Waals surface area contributed by atoms with Crippen molar-refractivity contribution in [2.75, 3.05) is 46.4 Å². The lowest BCUT2D eigenvalue weighted by Crippen LogP contribution is -2.52. The van der Waals surface area contributed by atoms with E-state index in [1.54, 1.807) is 7.11 Å². The van der Waals surface area contributed by atoms with Crippen molar-refractivity contribution >= 4 is 6.03 Å². The average Bonchev–Trinajstić information content (AvgIpc) is 2.60. The third-order valence-electron chi connectivity index (χ3n) is 4.31. The minimum Gasteiger partial charge on any atom is -0.497 e. The summed E-state index contributed by atoms with van der Waals surface area (Å²) in [6, 6.07) is 8.04. The molecule has 1 fully saturated rings. The summed E-state index contributed by atoms with van der Waals surface area (Å²) in [6.07, 6.45) is 3.29. The van der Waals surface area contributed by atoms with Gasteiger partial charge in [0, 0.05) is 32.7 Å². The summed E-state index contributed by atoms with van der Waals surface area (Å²) in [5.74, 6) is 0.858. The number of hydrogen-bond acceptors (Lipinski definition) is 3. The topological polar surface area (TPSA) is 44.8 Å². The van der Waals surface area contributed by atoms with Crippen molar-refractivity contribution in [2.24, 2.45) is 0 Å². The summed E-state index contributed by atoms with van der Waals surface area (Å²) < 4.78 is 5.22. The molecule has 0 bridgehead atoms. The molecular weight excluding hydrogens is 290 g/mol. The van der Waals surface area contributed by atoms with Gasteiger partial charge in [-0.3, -0.25) is 4.90 Å². The van der Waals surface area contributed by atoms with Gasteiger partial charge in [-0.2, -0.15) is 0 Å². The van der Waals surface area contributed by atoms with Crippen LogP contribution in [0.15, 0.2) is 24.3 Å². The summed E-state index contributed by atoms with van der Waals surface area (Å²) in [5, 5.41) is 3.02. The van der Waals surface area contributed by atoms with Crippen LogP contribution in [0.25, 0.3) is 0 Å². The van der Waals surface area contributed by atoms with Crippen molar-refractivity contribution in [3.63, 3.8) is 0 Å². The van der Waals surface area contributed by atoms with E-state index in [2.05, 4.69) is 23.2 Å². The molecule has 1 aliphatic rings. The zero-order valence-corrected chi connectivity index (χ0v) is 14.4. The first-order valence-corrected chi connectivity index (χ1v) is 8.61. The fraction of sp³-hybridized carbons (Fsp3) is 0.611. The van der Waals surface area contributed by atoms with E-state index in [-0.39, 0.29) is 6.03 Å². The highest BCUT2D eigenvalue weighted by Gasteiger charge is 2.20. The number of ether oxygens (including phenoxy) is 1. The van der Waals surface area contributed by atoms with Gasteiger partial charge in [-0.15, -0.1) is 0 Å². The lowest BCUT2D eigenvalue weighted by atomic mass is 10.1. The second kappa shape index (κ2) is 9.40. The maximum absolute atomic E-state index is 12.2. The van der Waals surface area contributed by atoms with Crippen LogP contribution >= 0.6 is 0 Å². The van der Waals surface area contributed by atoms with Gasteiger partial charge in [0.15, 0.2) is 0 Å². The van der Waals surface area contributed by atoms with Crippen LogP contribution < -0.4 is 10.1 Å². The number of amides is 2. The van der Waals surface area contributed by atoms with Crippen LogP contribution in [-0.2, 0) is 6.42 Å². The van der Waals surface area contributed by atoms with Gasteiger partial charge in [-0.25, -0.2) is 4.79 Å². The number of urea groups is 1. The first-order chi connectivity index (χ1) is 11.2. The lowest BCUT2D eigenvalue weighted by Gasteiger charge is -2.34. The maximum Gasteiger partial charge on any atom is 0.317 e. The van der Waals surface area contributed by atoms with Crippen LogP contribution in [0.5, 0.6) is 5.75 Å². The molecule has 1 saturated heterocycles. The smallest absolute Gasteiger partial charge is 0.317 e. The maximum atomic E-state index is 12.2. The molecule has 0 saturated carbocycles. The molecule has 128 valence electrons. The predicted molar refractivity (Wildman–Crippen MR) is 93.0 cm³/mol. The lowest BCUT2D eigenvalue weighted by molar-refractivity contribution is 0.138. The number of carbonyl (C=O) groups is 1. The van der Waals surface area contributed by atoms with Crippen LogP contribution in [0.4, 0.5) is 4.79 Å². The highest BCUT2D eigenvalue weighted by molar-refractivity contribution is 5.74. The van der Waals surface area contributed by atoms with Gasteiger partial charge in [0.2, 0.25) is 0 Å². The Morgan fingerprint density at radius 2 is 2.04 bits per heavy atom. The SMILES string of the molecule is CCCCN1CCN(C(=O)NCCc2cccc(OC)c2)CC1. The number of rotatable bonds is 7. The Balaban J connectivity index is 1.67. The number of methoxy groups -OCH3 is 1. The monoisotopic (exact) mass is 319 g/mol. The van der Waals surface area contributed by atoms with Crippen molar-refractivity contribution < 1.29 is 9.53 Å². The predicted octanol–water partition coefficient (Wildman–Crippen LogP) is 2.37. The number of unbranched alkanes of at least 4 members (excludes halogenated alkanes) is 1. The number of carbonyl (C=O) groups excluding carboxylic acids is 1. The van der Waals surface area contributed by atoms with Gasteiger partial charge < -0.3 is 15.0 Å². The molecule has 0 atom stereocenters. The summed E-state index contributed by atoms with van der Waals surface area (Å²) in [4.78, 5) is 16.6. The molecule has 1 heterocycles. The van der Waals surface area contributed by atoms with Crippen LogP contribution in [-0.4, -0.2) is 62.2 Å². The van der Waals surface area contributed by atoms with Crippen molar-refractivity contribution in [3.8, 4) is 5.75 Å². The third-order valence-corrected chi connectivity index (χ3v) is 4.31. The number of benzene rings is 1. The Labute approximate surface area is 139 Å². The fourth-order valence-electron chi connectivity index (χ4n) is 2.81. The van der Waals surface area contributed by atoms with Crippen molar-refractivity contribution in [3.05, 3.63) is 29.8 Å². The van der Waals surface area contributed by atoms with Gasteiger partial charge in [0.1, 0.15) is 5.75 Å². The molecule has 1 aromatic carbocycles. The molecule has 23 heavy (non-hydrogen) atoms. The van der Waals surface area contributed by atoms with Crippen molar-refractivity contribution in [1.82, 2.24) is 15.1 Å². The molecule has 1 aromatic rings. The quantitative estimate of drug-likeness (QED) is 0.839. The highest BCUT2D eigenvalue weighted by atomic mass is 16.5. The molecular formula is C18H29N3O2. The Morgan fingerprint density at radius 1 is 1.26 bits per heavy atom. The van der Waals surface area contributed by atoms with E-state index in [9.17, 15) is 4.79 Å². The average molecular weight is 319 g/mol. The number of hydrogen-bond donors (Lipinski definition) is 1. The van der Waals surface area contributed by atoms with Crippen molar-refractivity contribution in [2.45, 2.75) is 26.2 Å². The molecule has 0 unspecified atom stereocenters. The van der Waals surface area contributed by atoms with E-state index in [0.717, 1.165) is 44.9 Å². The molecule has 0 spiro atoms. The number of nitrogens with zero attached hydrogens (tertiary/aromatic N) is 2. The Bertz CT molecular complexity index is 485. The molecule has 0 radical (unpaired) electrons. The van der Waals surface area contributed by atoms with Gasteiger partial charge >= 0.3 is 6.03 Å². The molecule has 0 aliphatic carbocycles. The van der Waals surface area contributed by atoms with Crippen LogP contribution in [0.3, 0.4) is 0 Å². The van der Waals surface area contributed by atoms with Gasteiger partial charge in [0.25, 0.3) is 0 Å². The van der Waals surface area contributed by atoms with Gasteiger partial charge in [-0.05, 0) is 37.1 Å². The summed E-state index contributed by atoms with van der Waals surface area (Å²) in [7, 11) is 1.67. The Morgan fingerprint density at radius 3 is 2.74 bits per heavy atom. The molecule has 1 aliphatic heterocycles. The van der Waals surface area contributed by atoms with Gasteiger partial charge in [-0.1, -0.05) is 25.5 Å². The van der Waals surface area contributed by atoms with E-state index in [1.165, 1.54) is 18.4 Å². The van der Waals surface area contributed by atoms with E-state index < -0.39 is 0 Å². The zero-order chi connectivity index (χ0) is 16.5. The highest BCUT2D eigenvalue weighted by Crippen LogP contribution is 2.12. The van der Waals surface area contributed by atoms with Crippen LogP contribution in [0.2, 0.25) is 0 Å². The normalized spacial score (nSPS) is 15.5. The van der Waals surface area contributed by atoms with E-state index >= 15 is 0 Å². The summed E-state index contributed by atoms with van der Waals surface area (Å²) in [6.45, 7) is 7.66. The van der Waals surface area contributed by atoms with E-state index in [1.807, 2.05) is 23.1 Å². The molecule has 1 N–H and O–H groups in total. The second-order valence-electron chi connectivity index (χ2n) is 6.02. The second-order valence-corrected chi connectivity index (χ2v) is 6.02.